The first-order valence-electron chi connectivity index (χ1n) is 15.2. The summed E-state index contributed by atoms with van der Waals surface area (Å²) >= 11 is 2.37. The minimum Gasteiger partial charge on any atom is -0.508 e. The highest BCUT2D eigenvalue weighted by Crippen LogP contribution is 2.41. The summed E-state index contributed by atoms with van der Waals surface area (Å²) in [6, 6.07) is 0.892. The van der Waals surface area contributed by atoms with Crippen LogP contribution in [0.5, 0.6) is 5.75 Å². The number of carbonyl (C=O) groups excluding carboxylic acids is 5. The van der Waals surface area contributed by atoms with Crippen molar-refractivity contribution in [3.05, 3.63) is 41.1 Å². The highest BCUT2D eigenvalue weighted by Gasteiger charge is 2.54. The molecular weight excluding hydrogens is 618 g/mol. The van der Waals surface area contributed by atoms with Crippen molar-refractivity contribution in [3.63, 3.8) is 0 Å². The highest BCUT2D eigenvalue weighted by molar-refractivity contribution is 8.01. The molecule has 2 aromatic rings. The first kappa shape index (κ1) is 24.8. The molecule has 0 radical (unpaired) electrons. The molecule has 1 aromatic carbocycles. The molecule has 4 N–H and O–H groups in total. The second-order valence-electron chi connectivity index (χ2n) is 9.53. The van der Waals surface area contributed by atoms with Gasteiger partial charge in [-0.3, -0.25) is 29.0 Å². The molecule has 19 heteroatoms. The van der Waals surface area contributed by atoms with Crippen LogP contribution in [0.1, 0.15) is 25.3 Å². The van der Waals surface area contributed by atoms with Gasteiger partial charge in [-0.15, -0.1) is 16.9 Å². The van der Waals surface area contributed by atoms with E-state index in [1.807, 2.05) is 0 Å². The Morgan fingerprint density at radius 3 is 2.61 bits per heavy atom. The minimum absolute atomic E-state index is 0.0865. The van der Waals surface area contributed by atoms with Crippen molar-refractivity contribution in [2.45, 2.75) is 29.5 Å². The summed E-state index contributed by atoms with van der Waals surface area (Å²) in [5.74, 6) is -5.99. The van der Waals surface area contributed by atoms with E-state index in [4.69, 9.17) is 6.85 Å². The third-order valence-electron chi connectivity index (χ3n) is 6.86. The van der Waals surface area contributed by atoms with E-state index >= 15 is 0 Å². The number of imide groups is 1. The Morgan fingerprint density at radius 1 is 1.20 bits per heavy atom. The number of hydrogen-bond acceptors (Lipinski definition) is 12. The van der Waals surface area contributed by atoms with Crippen LogP contribution >= 0.6 is 23.5 Å². The lowest BCUT2D eigenvalue weighted by Gasteiger charge is -2.49. The molecule has 3 aliphatic heterocycles. The predicted octanol–water partition coefficient (Wildman–Crippen LogP) is -1.11. The van der Waals surface area contributed by atoms with E-state index in [0.29, 0.717) is 15.6 Å². The van der Waals surface area contributed by atoms with Gasteiger partial charge in [-0.2, -0.15) is 0 Å². The SMILES string of the molecule is [2H]C([2H])([2H])C([2H])([2H])N1CCN(C(=O)N[C@@H](C(=O)N[C@@H]2C(=O)N3C(C(=O)O)=C(CSc4nnnn4C)CS[C@H]23)c2ccc(O)cc2)C(=O)C1=O. The number of urea groups is 1. The number of nitrogens with zero attached hydrogens (tertiary/aromatic N) is 7. The van der Waals surface area contributed by atoms with Crippen LogP contribution < -0.4 is 10.6 Å². The Kier molecular flexibility index (Phi) is 7.05. The van der Waals surface area contributed by atoms with Gasteiger partial charge in [0.15, 0.2) is 0 Å². The average molecular weight is 651 g/mol. The molecular formula is C25H27N9O8S2. The number of tetrazole rings is 1. The number of likely N-dealkylation sites (N-methyl/N-ethyl adjacent to an activating group) is 1. The summed E-state index contributed by atoms with van der Waals surface area (Å²) in [7, 11) is 1.61. The van der Waals surface area contributed by atoms with Crippen LogP contribution in [0.15, 0.2) is 40.7 Å². The number of rotatable bonds is 9. The molecule has 0 spiro atoms. The number of thioether (sulfide) groups is 2. The quantitative estimate of drug-likeness (QED) is 0.144. The van der Waals surface area contributed by atoms with Crippen molar-refractivity contribution in [1.29, 1.82) is 0 Å². The van der Waals surface area contributed by atoms with Crippen molar-refractivity contribution < 1.29 is 45.8 Å². The number of carboxylic acids is 1. The normalized spacial score (nSPS) is 23.0. The van der Waals surface area contributed by atoms with Gasteiger partial charge in [0.25, 0.3) is 5.91 Å². The smallest absolute Gasteiger partial charge is 0.352 e. The molecule has 44 heavy (non-hydrogen) atoms. The zero-order chi connectivity index (χ0) is 36.0. The molecule has 0 saturated carbocycles. The number of nitrogens with one attached hydrogen (secondary N) is 2. The van der Waals surface area contributed by atoms with Gasteiger partial charge in [-0.25, -0.2) is 14.3 Å². The van der Waals surface area contributed by atoms with E-state index in [0.717, 1.165) is 4.90 Å². The van der Waals surface area contributed by atoms with E-state index in [1.165, 1.54) is 52.5 Å². The van der Waals surface area contributed by atoms with Crippen LogP contribution in [0, 0.1) is 0 Å². The number of β-lactam (4-membered cyclic amide) rings is 1. The van der Waals surface area contributed by atoms with Crippen molar-refractivity contribution in [2.24, 2.45) is 7.05 Å². The van der Waals surface area contributed by atoms with E-state index in [9.17, 15) is 39.0 Å². The topological polar surface area (TPSA) is 220 Å². The van der Waals surface area contributed by atoms with Crippen molar-refractivity contribution in [3.8, 4) is 5.75 Å². The first-order valence-corrected chi connectivity index (χ1v) is 14.8. The van der Waals surface area contributed by atoms with Gasteiger partial charge in [0.1, 0.15) is 28.9 Å². The molecule has 0 aliphatic carbocycles. The molecule has 1 aromatic heterocycles. The fourth-order valence-electron chi connectivity index (χ4n) is 4.63. The van der Waals surface area contributed by atoms with Crippen LogP contribution in [0.25, 0.3) is 0 Å². The number of fused-ring (bicyclic) bond motifs is 1. The van der Waals surface area contributed by atoms with Crippen LogP contribution in [-0.4, -0.2) is 123 Å². The summed E-state index contributed by atoms with van der Waals surface area (Å²) in [6.45, 7) is -7.76. The predicted molar refractivity (Wildman–Crippen MR) is 153 cm³/mol. The maximum Gasteiger partial charge on any atom is 0.352 e. The van der Waals surface area contributed by atoms with Gasteiger partial charge < -0.3 is 25.7 Å². The van der Waals surface area contributed by atoms with Crippen molar-refractivity contribution in [1.82, 2.24) is 45.5 Å². The zero-order valence-electron chi connectivity index (χ0n) is 27.7. The Balaban J connectivity index is 1.31. The lowest BCUT2D eigenvalue weighted by molar-refractivity contribution is -0.153. The van der Waals surface area contributed by atoms with Gasteiger partial charge in [0.2, 0.25) is 11.1 Å². The summed E-state index contributed by atoms with van der Waals surface area (Å²) in [6.07, 6.45) is 0. The van der Waals surface area contributed by atoms with Crippen LogP contribution in [0.4, 0.5) is 4.79 Å². The first-order chi connectivity index (χ1) is 22.9. The summed E-state index contributed by atoms with van der Waals surface area (Å²) in [5.41, 5.74) is 0.277. The second kappa shape index (κ2) is 12.5. The Morgan fingerprint density at radius 2 is 1.95 bits per heavy atom. The summed E-state index contributed by atoms with van der Waals surface area (Å²) in [5, 5.41) is 35.3. The molecule has 6 amide bonds. The fraction of sp³-hybridized carbons (Fsp3) is 0.400. The molecule has 3 atom stereocenters. The number of piperazine rings is 1. The number of aromatic nitrogens is 4. The Hall–Kier alpha value is -4.65. The molecule has 2 fully saturated rings. The third kappa shape index (κ3) is 5.79. The molecule has 0 bridgehead atoms. The number of phenolic OH excluding ortho intramolecular Hbond substituents is 1. The number of hydrogen-bond donors (Lipinski definition) is 4. The maximum atomic E-state index is 13.6. The van der Waals surface area contributed by atoms with E-state index in [1.54, 1.807) is 7.05 Å². The molecule has 3 aliphatic rings. The largest absolute Gasteiger partial charge is 0.508 e. The third-order valence-corrected chi connectivity index (χ3v) is 9.30. The lowest BCUT2D eigenvalue weighted by Crippen LogP contribution is -2.71. The molecule has 0 unspecified atom stereocenters. The van der Waals surface area contributed by atoms with Crippen molar-refractivity contribution >= 4 is 59.2 Å². The van der Waals surface area contributed by atoms with Gasteiger partial charge in [0.05, 0.1) is 0 Å². The number of carboxylic acid groups (broad SMARTS) is 1. The average Bonchev–Trinajstić information content (AvgIpc) is 3.45. The molecule has 5 rings (SSSR count). The number of aliphatic carboxylic acids is 1. The van der Waals surface area contributed by atoms with E-state index < -0.39 is 79.5 Å². The van der Waals surface area contributed by atoms with Crippen LogP contribution in [0.2, 0.25) is 0 Å². The van der Waals surface area contributed by atoms with E-state index in [-0.39, 0.29) is 33.4 Å². The second-order valence-corrected chi connectivity index (χ2v) is 11.6. The van der Waals surface area contributed by atoms with E-state index in [2.05, 4.69) is 26.2 Å². The maximum absolute atomic E-state index is 13.6. The monoisotopic (exact) mass is 650 g/mol. The summed E-state index contributed by atoms with van der Waals surface area (Å²) < 4.78 is 39.2. The van der Waals surface area contributed by atoms with Gasteiger partial charge in [-0.05, 0) is 40.5 Å². The van der Waals surface area contributed by atoms with Crippen molar-refractivity contribution in [2.75, 3.05) is 31.1 Å². The highest BCUT2D eigenvalue weighted by atomic mass is 32.2. The molecule has 17 nitrogen and oxygen atoms in total. The molecule has 2 saturated heterocycles. The number of benzene rings is 1. The Labute approximate surface area is 265 Å². The fourth-order valence-corrected chi connectivity index (χ4v) is 6.96. The standard InChI is InChI=1S/C25H27N9O8S2/c1-3-32-8-9-33(21(39)20(32)38)24(42)27-15(12-4-6-14(35)7-5-12)18(36)26-16-19(37)34-17(23(40)41)13(10-43-22(16)34)11-44-25-28-29-30-31(25)2/h4-7,15-16,22,35H,3,8-11H2,1-2H3,(H,26,36)(H,27,42)(H,40,41)/t15-,16-,22-/m1/s1/i1D3,3D2. The van der Waals surface area contributed by atoms with Gasteiger partial charge in [0, 0.05) is 45.0 Å². The van der Waals surface area contributed by atoms with Crippen LogP contribution in [-0.2, 0) is 31.0 Å². The number of amides is 6. The Bertz CT molecular complexity index is 1760. The lowest BCUT2D eigenvalue weighted by atomic mass is 10.0. The van der Waals surface area contributed by atoms with Gasteiger partial charge >= 0.3 is 23.8 Å². The van der Waals surface area contributed by atoms with Gasteiger partial charge in [-0.1, -0.05) is 23.9 Å². The number of aromatic hydroxyl groups is 1. The summed E-state index contributed by atoms with van der Waals surface area (Å²) in [4.78, 5) is 79.6. The molecule has 4 heterocycles. The molecule has 232 valence electrons. The zero-order valence-corrected chi connectivity index (χ0v) is 24.3. The minimum atomic E-state index is -3.29. The number of carbonyl (C=O) groups is 6. The van der Waals surface area contributed by atoms with Crippen LogP contribution in [0.3, 0.4) is 0 Å². The number of phenols is 1. The number of aryl methyl sites for hydroxylation is 1.